The molecule has 1 aromatic heterocycles. The predicted molar refractivity (Wildman–Crippen MR) is 88.1 cm³/mol. The molecular formula is C17H15F3N2O3S. The van der Waals surface area contributed by atoms with Crippen molar-refractivity contribution in [3.05, 3.63) is 50.8 Å². The molecule has 26 heavy (non-hydrogen) atoms. The van der Waals surface area contributed by atoms with Crippen LogP contribution in [0.2, 0.25) is 0 Å². The van der Waals surface area contributed by atoms with Gasteiger partial charge in [-0.2, -0.15) is 18.2 Å². The minimum absolute atomic E-state index is 0.0706. The predicted octanol–water partition coefficient (Wildman–Crippen LogP) is 3.73. The van der Waals surface area contributed by atoms with Crippen molar-refractivity contribution in [2.45, 2.75) is 32.5 Å². The van der Waals surface area contributed by atoms with Crippen LogP contribution in [0.25, 0.3) is 0 Å². The SMILES string of the molecule is Cc1c(C(=O)O)sc(=NC(=O)c2cccc(C(F)(F)F)c2)n1CC1CC1. The van der Waals surface area contributed by atoms with E-state index in [1.165, 1.54) is 6.07 Å². The van der Waals surface area contributed by atoms with Crippen LogP contribution in [0.1, 0.15) is 44.1 Å². The van der Waals surface area contributed by atoms with E-state index in [1.807, 2.05) is 0 Å². The highest BCUT2D eigenvalue weighted by Crippen LogP contribution is 2.31. The quantitative estimate of drug-likeness (QED) is 0.873. The summed E-state index contributed by atoms with van der Waals surface area (Å²) in [4.78, 5) is 27.9. The van der Waals surface area contributed by atoms with Crippen LogP contribution >= 0.6 is 11.3 Å². The van der Waals surface area contributed by atoms with Crippen molar-refractivity contribution in [1.82, 2.24) is 4.57 Å². The largest absolute Gasteiger partial charge is 0.477 e. The van der Waals surface area contributed by atoms with E-state index in [0.717, 1.165) is 42.4 Å². The molecule has 1 aliphatic rings. The second-order valence-electron chi connectivity index (χ2n) is 6.15. The highest BCUT2D eigenvalue weighted by Gasteiger charge is 2.31. The maximum atomic E-state index is 12.8. The molecule has 1 aliphatic carbocycles. The van der Waals surface area contributed by atoms with E-state index in [9.17, 15) is 27.9 Å². The first-order valence-corrected chi connectivity index (χ1v) is 8.68. The first kappa shape index (κ1) is 18.4. The number of carbonyl (C=O) groups excluding carboxylic acids is 1. The number of carbonyl (C=O) groups is 2. The van der Waals surface area contributed by atoms with Gasteiger partial charge in [-0.25, -0.2) is 4.79 Å². The number of rotatable bonds is 4. The summed E-state index contributed by atoms with van der Waals surface area (Å²) in [6.07, 6.45) is -2.52. The molecular weight excluding hydrogens is 369 g/mol. The van der Waals surface area contributed by atoms with Crippen molar-refractivity contribution in [3.63, 3.8) is 0 Å². The van der Waals surface area contributed by atoms with Gasteiger partial charge in [0.25, 0.3) is 5.91 Å². The van der Waals surface area contributed by atoms with Crippen LogP contribution in [-0.4, -0.2) is 21.6 Å². The number of benzene rings is 1. The van der Waals surface area contributed by atoms with E-state index in [0.29, 0.717) is 18.2 Å². The lowest BCUT2D eigenvalue weighted by atomic mass is 10.1. The first-order chi connectivity index (χ1) is 12.2. The Morgan fingerprint density at radius 3 is 2.62 bits per heavy atom. The van der Waals surface area contributed by atoms with Gasteiger partial charge >= 0.3 is 12.1 Å². The lowest BCUT2D eigenvalue weighted by molar-refractivity contribution is -0.137. The van der Waals surface area contributed by atoms with Crippen LogP contribution in [-0.2, 0) is 12.7 Å². The van der Waals surface area contributed by atoms with E-state index in [-0.39, 0.29) is 15.2 Å². The first-order valence-electron chi connectivity index (χ1n) is 7.86. The number of aromatic carboxylic acids is 1. The van der Waals surface area contributed by atoms with Crippen LogP contribution in [0.4, 0.5) is 13.2 Å². The van der Waals surface area contributed by atoms with Crippen LogP contribution in [0.5, 0.6) is 0 Å². The Kier molecular flexibility index (Phi) is 4.74. The number of alkyl halides is 3. The molecule has 0 atom stereocenters. The average Bonchev–Trinajstić information content (AvgIpc) is 3.33. The molecule has 0 saturated heterocycles. The second-order valence-corrected chi connectivity index (χ2v) is 7.13. The number of carboxylic acid groups (broad SMARTS) is 1. The third kappa shape index (κ3) is 3.87. The fourth-order valence-electron chi connectivity index (χ4n) is 2.52. The van der Waals surface area contributed by atoms with E-state index < -0.39 is 23.6 Å². The highest BCUT2D eigenvalue weighted by atomic mass is 32.1. The number of aromatic nitrogens is 1. The summed E-state index contributed by atoms with van der Waals surface area (Å²) in [5.41, 5.74) is -0.635. The van der Waals surface area contributed by atoms with Crippen LogP contribution in [0.15, 0.2) is 29.3 Å². The number of nitrogens with zero attached hydrogens (tertiary/aromatic N) is 2. The van der Waals surface area contributed by atoms with Crippen molar-refractivity contribution < 1.29 is 27.9 Å². The van der Waals surface area contributed by atoms with Gasteiger partial charge in [-0.05, 0) is 43.9 Å². The van der Waals surface area contributed by atoms with Gasteiger partial charge in [0.15, 0.2) is 4.80 Å². The lowest BCUT2D eigenvalue weighted by Crippen LogP contribution is -2.19. The summed E-state index contributed by atoms with van der Waals surface area (Å²) in [6.45, 7) is 2.18. The molecule has 0 aliphatic heterocycles. The third-order valence-corrected chi connectivity index (χ3v) is 5.29. The molecule has 1 N–H and O–H groups in total. The zero-order valence-corrected chi connectivity index (χ0v) is 14.5. The summed E-state index contributed by atoms with van der Waals surface area (Å²) in [7, 11) is 0. The van der Waals surface area contributed by atoms with Crippen LogP contribution < -0.4 is 4.80 Å². The number of hydrogen-bond donors (Lipinski definition) is 1. The van der Waals surface area contributed by atoms with Gasteiger partial charge in [0, 0.05) is 17.8 Å². The molecule has 0 unspecified atom stereocenters. The number of hydrogen-bond acceptors (Lipinski definition) is 3. The molecule has 2 aromatic rings. The Hall–Kier alpha value is -2.42. The fraction of sp³-hybridized carbons (Fsp3) is 0.353. The molecule has 1 heterocycles. The van der Waals surface area contributed by atoms with Crippen molar-refractivity contribution >= 4 is 23.2 Å². The summed E-state index contributed by atoms with van der Waals surface area (Å²) in [5.74, 6) is -1.54. The van der Waals surface area contributed by atoms with Gasteiger partial charge in [0.2, 0.25) is 0 Å². The molecule has 138 valence electrons. The highest BCUT2D eigenvalue weighted by molar-refractivity contribution is 7.11. The third-order valence-electron chi connectivity index (χ3n) is 4.12. The van der Waals surface area contributed by atoms with Gasteiger partial charge in [-0.15, -0.1) is 0 Å². The van der Waals surface area contributed by atoms with E-state index in [2.05, 4.69) is 4.99 Å². The van der Waals surface area contributed by atoms with Gasteiger partial charge in [-0.1, -0.05) is 17.4 Å². The van der Waals surface area contributed by atoms with Crippen molar-refractivity contribution in [1.29, 1.82) is 0 Å². The molecule has 5 nitrogen and oxygen atoms in total. The monoisotopic (exact) mass is 384 g/mol. The van der Waals surface area contributed by atoms with Crippen molar-refractivity contribution in [3.8, 4) is 0 Å². The zero-order chi connectivity index (χ0) is 19.1. The van der Waals surface area contributed by atoms with Gasteiger partial charge in [0.05, 0.1) is 5.56 Å². The average molecular weight is 384 g/mol. The second kappa shape index (κ2) is 6.71. The molecule has 0 radical (unpaired) electrons. The summed E-state index contributed by atoms with van der Waals surface area (Å²) in [5, 5.41) is 9.28. The molecule has 0 bridgehead atoms. The summed E-state index contributed by atoms with van der Waals surface area (Å²) in [6, 6.07) is 4.02. The smallest absolute Gasteiger partial charge is 0.416 e. The normalized spacial score (nSPS) is 15.3. The number of carboxylic acids is 1. The molecule has 1 saturated carbocycles. The molecule has 1 fully saturated rings. The molecule has 3 rings (SSSR count). The standard InChI is InChI=1S/C17H15F3N2O3S/c1-9-13(15(24)25)26-16(22(9)8-10-5-6-10)21-14(23)11-3-2-4-12(7-11)17(18,19)20/h2-4,7,10H,5-6,8H2,1H3,(H,24,25). The van der Waals surface area contributed by atoms with Gasteiger partial charge in [-0.3, -0.25) is 4.79 Å². The minimum atomic E-state index is -4.56. The van der Waals surface area contributed by atoms with E-state index in [4.69, 9.17) is 0 Å². The van der Waals surface area contributed by atoms with Gasteiger partial charge in [0.1, 0.15) is 4.88 Å². The Labute approximate surface area is 150 Å². The van der Waals surface area contributed by atoms with Crippen molar-refractivity contribution in [2.75, 3.05) is 0 Å². The Balaban J connectivity index is 2.02. The number of amides is 1. The van der Waals surface area contributed by atoms with Gasteiger partial charge < -0.3 is 9.67 Å². The Bertz CT molecular complexity index is 939. The number of halogens is 3. The lowest BCUT2D eigenvalue weighted by Gasteiger charge is -2.07. The maximum Gasteiger partial charge on any atom is 0.416 e. The number of thiazole rings is 1. The minimum Gasteiger partial charge on any atom is -0.477 e. The van der Waals surface area contributed by atoms with E-state index in [1.54, 1.807) is 11.5 Å². The maximum absolute atomic E-state index is 12.8. The van der Waals surface area contributed by atoms with Crippen LogP contribution in [0.3, 0.4) is 0 Å². The summed E-state index contributed by atoms with van der Waals surface area (Å²) >= 11 is 0.850. The Morgan fingerprint density at radius 2 is 2.04 bits per heavy atom. The van der Waals surface area contributed by atoms with E-state index >= 15 is 0 Å². The molecule has 1 aromatic carbocycles. The van der Waals surface area contributed by atoms with Crippen LogP contribution in [0, 0.1) is 12.8 Å². The summed E-state index contributed by atoms with van der Waals surface area (Å²) < 4.78 is 40.1. The zero-order valence-electron chi connectivity index (χ0n) is 13.7. The Morgan fingerprint density at radius 1 is 1.35 bits per heavy atom. The van der Waals surface area contributed by atoms with Crippen molar-refractivity contribution in [2.24, 2.45) is 10.9 Å². The topological polar surface area (TPSA) is 71.7 Å². The molecule has 1 amide bonds. The molecule has 9 heteroatoms. The molecule has 0 spiro atoms. The fourth-order valence-corrected chi connectivity index (χ4v) is 3.50.